The van der Waals surface area contributed by atoms with E-state index in [9.17, 15) is 13.2 Å². The molecule has 1 aromatic heterocycles. The van der Waals surface area contributed by atoms with E-state index in [1.165, 1.54) is 11.3 Å². The number of aryl methyl sites for hydroxylation is 2. The number of hydrogen-bond acceptors (Lipinski definition) is 3. The maximum absolute atomic E-state index is 10.6. The lowest BCUT2D eigenvalue weighted by Gasteiger charge is -2.12. The second-order valence-corrected chi connectivity index (χ2v) is 7.65. The fourth-order valence-corrected chi connectivity index (χ4v) is 3.30. The van der Waals surface area contributed by atoms with Crippen LogP contribution in [0, 0.1) is 0 Å². The molecule has 5 nitrogen and oxygen atoms in total. The molecule has 0 unspecified atom stereocenters. The standard InChI is InChI=1S/C22H25ClN2O.C2HF3O2/c1-3-4-8-20-22(19-7-5-6-9-21(19)26-2)24-16-25(20)15-14-17-10-12-18(23)13-11-17;3-2(4,5)1(6)7/h5-7,9-13,16H,3-4,8,14-15H2,1-2H3;(H,6,7). The summed E-state index contributed by atoms with van der Waals surface area (Å²) in [7, 11) is 1.71. The number of methoxy groups -OCH3 is 1. The normalized spacial score (nSPS) is 11.0. The van der Waals surface area contributed by atoms with E-state index in [0.29, 0.717) is 0 Å². The van der Waals surface area contributed by atoms with Crippen LogP contribution in [0.3, 0.4) is 0 Å². The van der Waals surface area contributed by atoms with Gasteiger partial charge in [0.1, 0.15) is 5.75 Å². The minimum absolute atomic E-state index is 0.776. The monoisotopic (exact) mass is 482 g/mol. The predicted molar refractivity (Wildman–Crippen MR) is 122 cm³/mol. The number of halogens is 4. The summed E-state index contributed by atoms with van der Waals surface area (Å²) in [6.07, 6.45) is 1.16. The van der Waals surface area contributed by atoms with E-state index in [2.05, 4.69) is 29.7 Å². The van der Waals surface area contributed by atoms with Gasteiger partial charge in [-0.2, -0.15) is 13.2 Å². The molecule has 0 saturated carbocycles. The Hall–Kier alpha value is -3.00. The fourth-order valence-electron chi connectivity index (χ4n) is 3.17. The van der Waals surface area contributed by atoms with E-state index >= 15 is 0 Å². The molecular formula is C24H26ClF3N2O3. The number of carbonyl (C=O) groups is 1. The maximum atomic E-state index is 10.6. The summed E-state index contributed by atoms with van der Waals surface area (Å²) in [6.45, 7) is 3.13. The molecule has 0 aliphatic rings. The molecule has 0 aliphatic heterocycles. The SMILES string of the molecule is CCCCc1c(-c2ccccc2OC)ncn1CCc1ccc(Cl)cc1.O=C(O)C(F)(F)F. The predicted octanol–water partition coefficient (Wildman–Crippen LogP) is 6.43. The molecule has 0 aliphatic carbocycles. The first-order chi connectivity index (χ1) is 15.7. The molecule has 178 valence electrons. The van der Waals surface area contributed by atoms with Crippen molar-refractivity contribution in [3.63, 3.8) is 0 Å². The van der Waals surface area contributed by atoms with Gasteiger partial charge >= 0.3 is 12.1 Å². The van der Waals surface area contributed by atoms with Crippen molar-refractivity contribution in [3.8, 4) is 17.0 Å². The van der Waals surface area contributed by atoms with E-state index < -0.39 is 12.1 Å². The second kappa shape index (κ2) is 12.3. The van der Waals surface area contributed by atoms with E-state index in [1.807, 2.05) is 36.7 Å². The van der Waals surface area contributed by atoms with Crippen LogP contribution >= 0.6 is 11.6 Å². The lowest BCUT2D eigenvalue weighted by Crippen LogP contribution is -2.21. The molecule has 33 heavy (non-hydrogen) atoms. The largest absolute Gasteiger partial charge is 0.496 e. The number of para-hydroxylation sites is 1. The van der Waals surface area contributed by atoms with Gasteiger partial charge in [-0.05, 0) is 49.1 Å². The van der Waals surface area contributed by atoms with Gasteiger partial charge in [0.2, 0.25) is 0 Å². The first kappa shape index (κ1) is 26.3. The Morgan fingerprint density at radius 2 is 1.76 bits per heavy atom. The zero-order chi connectivity index (χ0) is 24.4. The highest BCUT2D eigenvalue weighted by molar-refractivity contribution is 6.30. The molecule has 3 rings (SSSR count). The first-order valence-corrected chi connectivity index (χ1v) is 10.8. The van der Waals surface area contributed by atoms with Crippen molar-refractivity contribution in [2.24, 2.45) is 0 Å². The molecular weight excluding hydrogens is 457 g/mol. The Morgan fingerprint density at radius 3 is 2.33 bits per heavy atom. The Morgan fingerprint density at radius 1 is 1.12 bits per heavy atom. The summed E-state index contributed by atoms with van der Waals surface area (Å²) in [5.74, 6) is -1.89. The van der Waals surface area contributed by atoms with Gasteiger partial charge in [0.05, 0.1) is 19.1 Å². The second-order valence-electron chi connectivity index (χ2n) is 7.22. The minimum atomic E-state index is -5.08. The van der Waals surface area contributed by atoms with Crippen molar-refractivity contribution >= 4 is 17.6 Å². The lowest BCUT2D eigenvalue weighted by atomic mass is 10.1. The number of alkyl halides is 3. The lowest BCUT2D eigenvalue weighted by molar-refractivity contribution is -0.192. The Bertz CT molecular complexity index is 1030. The highest BCUT2D eigenvalue weighted by Gasteiger charge is 2.38. The Labute approximate surface area is 195 Å². The quantitative estimate of drug-likeness (QED) is 0.402. The molecule has 0 bridgehead atoms. The van der Waals surface area contributed by atoms with E-state index in [-0.39, 0.29) is 0 Å². The minimum Gasteiger partial charge on any atom is -0.496 e. The van der Waals surface area contributed by atoms with Crippen molar-refractivity contribution in [2.45, 2.75) is 45.3 Å². The summed E-state index contributed by atoms with van der Waals surface area (Å²) in [6, 6.07) is 16.2. The van der Waals surface area contributed by atoms with Gasteiger partial charge in [0, 0.05) is 22.8 Å². The molecule has 0 radical (unpaired) electrons. The Kier molecular flexibility index (Phi) is 9.78. The van der Waals surface area contributed by atoms with Crippen molar-refractivity contribution < 1.29 is 27.8 Å². The summed E-state index contributed by atoms with van der Waals surface area (Å²) in [4.78, 5) is 13.6. The number of aliphatic carboxylic acids is 1. The third-order valence-electron chi connectivity index (χ3n) is 4.87. The van der Waals surface area contributed by atoms with Crippen LogP contribution in [-0.4, -0.2) is 33.9 Å². The third-order valence-corrected chi connectivity index (χ3v) is 5.12. The van der Waals surface area contributed by atoms with Crippen LogP contribution in [0.25, 0.3) is 11.3 Å². The molecule has 2 aromatic carbocycles. The van der Waals surface area contributed by atoms with Crippen molar-refractivity contribution in [2.75, 3.05) is 7.11 Å². The smallest absolute Gasteiger partial charge is 0.490 e. The number of imidazole rings is 1. The molecule has 0 amide bonds. The first-order valence-electron chi connectivity index (χ1n) is 10.4. The number of aromatic nitrogens is 2. The molecule has 9 heteroatoms. The van der Waals surface area contributed by atoms with Crippen LogP contribution in [0.1, 0.15) is 31.0 Å². The van der Waals surface area contributed by atoms with Crippen molar-refractivity contribution in [3.05, 3.63) is 71.1 Å². The van der Waals surface area contributed by atoms with E-state index in [4.69, 9.17) is 31.2 Å². The van der Waals surface area contributed by atoms with Crippen LogP contribution in [0.2, 0.25) is 5.02 Å². The van der Waals surface area contributed by atoms with Crippen LogP contribution in [0.15, 0.2) is 54.9 Å². The third kappa shape index (κ3) is 7.82. The van der Waals surface area contributed by atoms with E-state index in [1.54, 1.807) is 7.11 Å². The van der Waals surface area contributed by atoms with Gasteiger partial charge < -0.3 is 14.4 Å². The summed E-state index contributed by atoms with van der Waals surface area (Å²) < 4.78 is 39.6. The van der Waals surface area contributed by atoms with Gasteiger partial charge in [-0.3, -0.25) is 0 Å². The molecule has 0 fully saturated rings. The molecule has 3 aromatic rings. The molecule has 1 heterocycles. The molecule has 1 N–H and O–H groups in total. The molecule has 0 spiro atoms. The van der Waals surface area contributed by atoms with Gasteiger partial charge in [0.25, 0.3) is 0 Å². The zero-order valence-corrected chi connectivity index (χ0v) is 19.2. The fraction of sp³-hybridized carbons (Fsp3) is 0.333. The van der Waals surface area contributed by atoms with Crippen LogP contribution in [-0.2, 0) is 24.2 Å². The van der Waals surface area contributed by atoms with Crippen LogP contribution in [0.5, 0.6) is 5.75 Å². The van der Waals surface area contributed by atoms with Gasteiger partial charge in [-0.1, -0.05) is 49.2 Å². The number of rotatable bonds is 8. The van der Waals surface area contributed by atoms with Crippen LogP contribution < -0.4 is 4.74 Å². The highest BCUT2D eigenvalue weighted by Crippen LogP contribution is 2.32. The number of hydrogen-bond donors (Lipinski definition) is 1. The van der Waals surface area contributed by atoms with Crippen molar-refractivity contribution in [1.29, 1.82) is 0 Å². The van der Waals surface area contributed by atoms with Gasteiger partial charge in [-0.25, -0.2) is 9.78 Å². The van der Waals surface area contributed by atoms with E-state index in [0.717, 1.165) is 54.3 Å². The number of nitrogens with zero attached hydrogens (tertiary/aromatic N) is 2. The van der Waals surface area contributed by atoms with Gasteiger partial charge in [-0.15, -0.1) is 0 Å². The maximum Gasteiger partial charge on any atom is 0.490 e. The molecule has 0 saturated heterocycles. The zero-order valence-electron chi connectivity index (χ0n) is 18.4. The number of unbranched alkanes of at least 4 members (excludes halogenated alkanes) is 1. The summed E-state index contributed by atoms with van der Waals surface area (Å²) in [5.41, 5.74) is 4.66. The Balaban J connectivity index is 0.000000479. The van der Waals surface area contributed by atoms with Crippen molar-refractivity contribution in [1.82, 2.24) is 9.55 Å². The number of ether oxygens (including phenoxy) is 1. The average Bonchev–Trinajstić information content (AvgIpc) is 3.19. The molecule has 0 atom stereocenters. The summed E-state index contributed by atoms with van der Waals surface area (Å²) >= 11 is 5.98. The number of carboxylic acid groups (broad SMARTS) is 1. The van der Waals surface area contributed by atoms with Gasteiger partial charge in [0.15, 0.2) is 0 Å². The topological polar surface area (TPSA) is 64.4 Å². The highest BCUT2D eigenvalue weighted by atomic mass is 35.5. The number of carboxylic acids is 1. The van der Waals surface area contributed by atoms with Crippen LogP contribution in [0.4, 0.5) is 13.2 Å². The average molecular weight is 483 g/mol. The summed E-state index contributed by atoms with van der Waals surface area (Å²) in [5, 5.41) is 7.90. The number of benzene rings is 2.